The highest BCUT2D eigenvalue weighted by molar-refractivity contribution is 8.02. The number of hydrogen-bond donors (Lipinski definition) is 2. The summed E-state index contributed by atoms with van der Waals surface area (Å²) < 4.78 is 6.24. The number of para-hydroxylation sites is 1. The molecular weight excluding hydrogens is 380 g/mol. The van der Waals surface area contributed by atoms with Gasteiger partial charge in [0.2, 0.25) is 11.0 Å². The van der Waals surface area contributed by atoms with Crippen molar-refractivity contribution in [2.24, 2.45) is 0 Å². The molecule has 25 heavy (non-hydrogen) atoms. The topological polar surface area (TPSA) is 76.1 Å². The van der Waals surface area contributed by atoms with Gasteiger partial charge in [-0.2, -0.15) is 0 Å². The summed E-state index contributed by atoms with van der Waals surface area (Å²) in [5.41, 5.74) is 0.777. The molecule has 0 bridgehead atoms. The molecule has 0 aliphatic carbocycles. The SMILES string of the molecule is CC(Sc1nnc(Nc2ccccc2Cl)s1)C(=O)NCC1CCCO1. The lowest BCUT2D eigenvalue weighted by atomic mass is 10.2. The summed E-state index contributed by atoms with van der Waals surface area (Å²) in [4.78, 5) is 12.2. The van der Waals surface area contributed by atoms with Crippen LogP contribution >= 0.6 is 34.7 Å². The zero-order valence-electron chi connectivity index (χ0n) is 13.7. The van der Waals surface area contributed by atoms with E-state index in [1.807, 2.05) is 25.1 Å². The number of thioether (sulfide) groups is 1. The third-order valence-corrected chi connectivity index (χ3v) is 6.05. The molecule has 1 amide bonds. The van der Waals surface area contributed by atoms with Crippen LogP contribution in [0.2, 0.25) is 5.02 Å². The van der Waals surface area contributed by atoms with Crippen molar-refractivity contribution in [2.45, 2.75) is 35.5 Å². The minimum absolute atomic E-state index is 0.0173. The largest absolute Gasteiger partial charge is 0.376 e. The van der Waals surface area contributed by atoms with Crippen LogP contribution in [0.3, 0.4) is 0 Å². The zero-order chi connectivity index (χ0) is 17.6. The molecular formula is C16H19ClN4O2S2. The normalized spacial score (nSPS) is 18.1. The molecule has 2 unspecified atom stereocenters. The summed E-state index contributed by atoms with van der Waals surface area (Å²) in [6.07, 6.45) is 2.22. The van der Waals surface area contributed by atoms with Gasteiger partial charge in [-0.25, -0.2) is 0 Å². The second-order valence-electron chi connectivity index (χ2n) is 5.62. The molecule has 2 heterocycles. The van der Waals surface area contributed by atoms with E-state index in [1.165, 1.54) is 23.1 Å². The van der Waals surface area contributed by atoms with Crippen molar-refractivity contribution in [1.82, 2.24) is 15.5 Å². The van der Waals surface area contributed by atoms with Gasteiger partial charge in [-0.3, -0.25) is 4.79 Å². The maximum Gasteiger partial charge on any atom is 0.233 e. The molecule has 1 aliphatic heterocycles. The van der Waals surface area contributed by atoms with Gasteiger partial charge in [-0.05, 0) is 31.9 Å². The number of rotatable bonds is 7. The second-order valence-corrected chi connectivity index (χ2v) is 8.59. The summed E-state index contributed by atoms with van der Waals surface area (Å²) in [5.74, 6) is -0.0173. The molecule has 2 aromatic rings. The minimum Gasteiger partial charge on any atom is -0.376 e. The number of amides is 1. The van der Waals surface area contributed by atoms with Crippen molar-refractivity contribution in [3.63, 3.8) is 0 Å². The van der Waals surface area contributed by atoms with Crippen molar-refractivity contribution >= 4 is 51.4 Å². The molecule has 6 nitrogen and oxygen atoms in total. The minimum atomic E-state index is -0.248. The molecule has 1 aromatic heterocycles. The highest BCUT2D eigenvalue weighted by Crippen LogP contribution is 2.32. The third-order valence-electron chi connectivity index (χ3n) is 3.70. The number of nitrogens with zero attached hydrogens (tertiary/aromatic N) is 2. The summed E-state index contributed by atoms with van der Waals surface area (Å²) in [5, 5.41) is 15.3. The van der Waals surface area contributed by atoms with Crippen molar-refractivity contribution in [3.05, 3.63) is 29.3 Å². The van der Waals surface area contributed by atoms with E-state index in [2.05, 4.69) is 20.8 Å². The number of hydrogen-bond acceptors (Lipinski definition) is 7. The van der Waals surface area contributed by atoms with E-state index in [0.717, 1.165) is 29.5 Å². The van der Waals surface area contributed by atoms with Crippen molar-refractivity contribution in [1.29, 1.82) is 0 Å². The van der Waals surface area contributed by atoms with Gasteiger partial charge in [0.15, 0.2) is 4.34 Å². The predicted octanol–water partition coefficient (Wildman–Crippen LogP) is 3.71. The van der Waals surface area contributed by atoms with Gasteiger partial charge in [0.25, 0.3) is 0 Å². The van der Waals surface area contributed by atoms with Gasteiger partial charge in [-0.1, -0.05) is 46.8 Å². The van der Waals surface area contributed by atoms with Gasteiger partial charge >= 0.3 is 0 Å². The predicted molar refractivity (Wildman–Crippen MR) is 102 cm³/mol. The van der Waals surface area contributed by atoms with Crippen LogP contribution in [0.1, 0.15) is 19.8 Å². The maximum atomic E-state index is 12.2. The fourth-order valence-electron chi connectivity index (χ4n) is 2.35. The number of ether oxygens (including phenoxy) is 1. The van der Waals surface area contributed by atoms with Gasteiger partial charge in [-0.15, -0.1) is 10.2 Å². The van der Waals surface area contributed by atoms with E-state index in [-0.39, 0.29) is 17.3 Å². The number of benzene rings is 1. The Morgan fingerprint density at radius 3 is 3.08 bits per heavy atom. The Kier molecular flexibility index (Phi) is 6.52. The Labute approximate surface area is 159 Å². The van der Waals surface area contributed by atoms with Crippen LogP contribution in [0.25, 0.3) is 0 Å². The van der Waals surface area contributed by atoms with Crippen LogP contribution in [0, 0.1) is 0 Å². The Hall–Kier alpha value is -1.35. The fraction of sp³-hybridized carbons (Fsp3) is 0.438. The average molecular weight is 399 g/mol. The Morgan fingerprint density at radius 1 is 1.48 bits per heavy atom. The summed E-state index contributed by atoms with van der Waals surface area (Å²) in [6.45, 7) is 3.22. The number of aromatic nitrogens is 2. The maximum absolute atomic E-state index is 12.2. The first-order valence-electron chi connectivity index (χ1n) is 8.03. The molecule has 9 heteroatoms. The lowest BCUT2D eigenvalue weighted by Crippen LogP contribution is -2.36. The molecule has 0 spiro atoms. The molecule has 134 valence electrons. The fourth-order valence-corrected chi connectivity index (χ4v) is 4.47. The molecule has 2 N–H and O–H groups in total. The number of carbonyl (C=O) groups is 1. The van der Waals surface area contributed by atoms with E-state index < -0.39 is 0 Å². The van der Waals surface area contributed by atoms with Crippen LogP contribution in [-0.4, -0.2) is 40.6 Å². The first-order chi connectivity index (χ1) is 12.1. The number of halogens is 1. The van der Waals surface area contributed by atoms with Crippen molar-refractivity contribution in [3.8, 4) is 0 Å². The molecule has 3 rings (SSSR count). The van der Waals surface area contributed by atoms with Crippen LogP contribution in [-0.2, 0) is 9.53 Å². The average Bonchev–Trinajstić information content (AvgIpc) is 3.27. The van der Waals surface area contributed by atoms with Crippen LogP contribution in [0.5, 0.6) is 0 Å². The molecule has 1 aromatic carbocycles. The number of carbonyl (C=O) groups excluding carboxylic acids is 1. The van der Waals surface area contributed by atoms with Crippen LogP contribution < -0.4 is 10.6 Å². The monoisotopic (exact) mass is 398 g/mol. The lowest BCUT2D eigenvalue weighted by molar-refractivity contribution is -0.120. The van der Waals surface area contributed by atoms with E-state index in [9.17, 15) is 4.79 Å². The number of nitrogens with one attached hydrogen (secondary N) is 2. The van der Waals surface area contributed by atoms with E-state index in [0.29, 0.717) is 16.7 Å². The zero-order valence-corrected chi connectivity index (χ0v) is 16.1. The molecule has 0 radical (unpaired) electrons. The second kappa shape index (κ2) is 8.84. The van der Waals surface area contributed by atoms with Crippen molar-refractivity contribution in [2.75, 3.05) is 18.5 Å². The molecule has 2 atom stereocenters. The molecule has 1 saturated heterocycles. The summed E-state index contributed by atoms with van der Waals surface area (Å²) in [6, 6.07) is 7.44. The standard InChI is InChI=1S/C16H19ClN4O2S2/c1-10(14(22)18-9-11-5-4-8-23-11)24-16-21-20-15(25-16)19-13-7-3-2-6-12(13)17/h2-3,6-7,10-11H,4-5,8-9H2,1H3,(H,18,22)(H,19,20). The van der Waals surface area contributed by atoms with E-state index in [4.69, 9.17) is 16.3 Å². The first kappa shape index (κ1) is 18.4. The van der Waals surface area contributed by atoms with Gasteiger partial charge in [0.1, 0.15) is 0 Å². The molecule has 1 fully saturated rings. The van der Waals surface area contributed by atoms with Crippen LogP contribution in [0.15, 0.2) is 28.6 Å². The summed E-state index contributed by atoms with van der Waals surface area (Å²) >= 11 is 8.90. The van der Waals surface area contributed by atoms with Gasteiger partial charge in [0.05, 0.1) is 22.1 Å². The third kappa shape index (κ3) is 5.31. The number of anilines is 2. The molecule has 1 aliphatic rings. The van der Waals surface area contributed by atoms with Gasteiger partial charge < -0.3 is 15.4 Å². The highest BCUT2D eigenvalue weighted by atomic mass is 35.5. The molecule has 0 saturated carbocycles. The Morgan fingerprint density at radius 2 is 2.32 bits per heavy atom. The summed E-state index contributed by atoms with van der Waals surface area (Å²) in [7, 11) is 0. The van der Waals surface area contributed by atoms with Gasteiger partial charge in [0, 0.05) is 13.2 Å². The quantitative estimate of drug-likeness (QED) is 0.692. The Balaban J connectivity index is 1.50. The smallest absolute Gasteiger partial charge is 0.233 e. The van der Waals surface area contributed by atoms with E-state index in [1.54, 1.807) is 6.07 Å². The van der Waals surface area contributed by atoms with E-state index >= 15 is 0 Å². The van der Waals surface area contributed by atoms with Crippen molar-refractivity contribution < 1.29 is 9.53 Å². The Bertz CT molecular complexity index is 722. The first-order valence-corrected chi connectivity index (χ1v) is 10.1. The highest BCUT2D eigenvalue weighted by Gasteiger charge is 2.20. The van der Waals surface area contributed by atoms with Crippen LogP contribution in [0.4, 0.5) is 10.8 Å². The lowest BCUT2D eigenvalue weighted by Gasteiger charge is -2.13.